The average molecular weight is 462 g/mol. The normalized spacial score (nSPS) is 23.2. The maximum atomic E-state index is 13.4. The van der Waals surface area contributed by atoms with Crippen LogP contribution in [-0.2, 0) is 15.7 Å². The monoisotopic (exact) mass is 461 g/mol. The molecule has 0 N–H and O–H groups in total. The van der Waals surface area contributed by atoms with Crippen LogP contribution >= 0.6 is 0 Å². The molecule has 3 rings (SSSR count). The number of halogens is 3. The van der Waals surface area contributed by atoms with Gasteiger partial charge in [-0.15, -0.1) is 0 Å². The summed E-state index contributed by atoms with van der Waals surface area (Å²) in [4.78, 5) is 15.1. The zero-order chi connectivity index (χ0) is 24.3. The van der Waals surface area contributed by atoms with E-state index in [2.05, 4.69) is 26.0 Å². The number of hydrogen-bond acceptors (Lipinski definition) is 3. The zero-order valence-electron chi connectivity index (χ0n) is 20.0. The first kappa shape index (κ1) is 25.3. The summed E-state index contributed by atoms with van der Waals surface area (Å²) in [5.74, 6) is 0.310. The van der Waals surface area contributed by atoms with Gasteiger partial charge in [-0.3, -0.25) is 4.90 Å². The SMILES string of the molecule is Cc1ccc(C(F)(F)F)cc1[C@H](C(=O)O[C@@H]1C[C@H](C)CC[C@H]1[C@H](C)c1ccccc1)N(C)C. The summed E-state index contributed by atoms with van der Waals surface area (Å²) < 4.78 is 46.2. The molecule has 0 unspecified atom stereocenters. The summed E-state index contributed by atoms with van der Waals surface area (Å²) in [7, 11) is 3.39. The highest BCUT2D eigenvalue weighted by Crippen LogP contribution is 2.41. The van der Waals surface area contributed by atoms with Crippen LogP contribution in [0.2, 0.25) is 0 Å². The third-order valence-electron chi connectivity index (χ3n) is 6.98. The van der Waals surface area contributed by atoms with Gasteiger partial charge < -0.3 is 4.74 Å². The minimum absolute atomic E-state index is 0.165. The molecule has 1 aliphatic rings. The van der Waals surface area contributed by atoms with E-state index in [1.54, 1.807) is 25.9 Å². The standard InChI is InChI=1S/C27H34F3NO2/c1-17-11-14-22(19(3)20-9-7-6-8-10-20)24(15-17)33-26(32)25(31(4)5)23-16-21(27(28,29)30)13-12-18(23)2/h6-10,12-13,16-17,19,22,24-25H,11,14-15H2,1-5H3/t17-,19-,22+,24-,25-/m1/s1. The van der Waals surface area contributed by atoms with Gasteiger partial charge in [-0.25, -0.2) is 4.79 Å². The van der Waals surface area contributed by atoms with E-state index >= 15 is 0 Å². The van der Waals surface area contributed by atoms with E-state index in [1.165, 1.54) is 11.6 Å². The number of nitrogens with zero attached hydrogens (tertiary/aromatic N) is 1. The Hall–Kier alpha value is -2.34. The van der Waals surface area contributed by atoms with Crippen molar-refractivity contribution in [3.63, 3.8) is 0 Å². The van der Waals surface area contributed by atoms with E-state index in [0.29, 0.717) is 17.0 Å². The van der Waals surface area contributed by atoms with Crippen LogP contribution < -0.4 is 0 Å². The number of esters is 1. The highest BCUT2D eigenvalue weighted by molar-refractivity contribution is 5.78. The van der Waals surface area contributed by atoms with Gasteiger partial charge in [-0.1, -0.05) is 56.7 Å². The molecule has 6 heteroatoms. The first-order valence-electron chi connectivity index (χ1n) is 11.6. The Balaban J connectivity index is 1.88. The number of ether oxygens (including phenoxy) is 1. The summed E-state index contributed by atoms with van der Waals surface area (Å²) in [6.45, 7) is 6.05. The van der Waals surface area contributed by atoms with Crippen molar-refractivity contribution in [2.75, 3.05) is 14.1 Å². The van der Waals surface area contributed by atoms with Gasteiger partial charge in [0.1, 0.15) is 12.1 Å². The van der Waals surface area contributed by atoms with Gasteiger partial charge in [0.15, 0.2) is 0 Å². The van der Waals surface area contributed by atoms with Crippen LogP contribution in [0.1, 0.15) is 67.3 Å². The molecule has 2 aromatic carbocycles. The van der Waals surface area contributed by atoms with Gasteiger partial charge in [0.25, 0.3) is 0 Å². The van der Waals surface area contributed by atoms with Crippen molar-refractivity contribution in [2.24, 2.45) is 11.8 Å². The summed E-state index contributed by atoms with van der Waals surface area (Å²) in [6.07, 6.45) is -1.97. The molecule has 2 aromatic rings. The van der Waals surface area contributed by atoms with E-state index in [9.17, 15) is 18.0 Å². The second-order valence-electron chi connectivity index (χ2n) is 9.69. The van der Waals surface area contributed by atoms with Crippen molar-refractivity contribution in [3.8, 4) is 0 Å². The van der Waals surface area contributed by atoms with E-state index in [0.717, 1.165) is 31.4 Å². The van der Waals surface area contributed by atoms with Gasteiger partial charge in [0.2, 0.25) is 0 Å². The molecule has 0 saturated heterocycles. The van der Waals surface area contributed by atoms with Crippen LogP contribution in [0.3, 0.4) is 0 Å². The molecule has 0 amide bonds. The fourth-order valence-electron chi connectivity index (χ4n) is 5.00. The zero-order valence-corrected chi connectivity index (χ0v) is 20.0. The number of hydrogen-bond donors (Lipinski definition) is 0. The topological polar surface area (TPSA) is 29.5 Å². The maximum Gasteiger partial charge on any atom is 0.416 e. The number of carbonyl (C=O) groups excluding carboxylic acids is 1. The van der Waals surface area contributed by atoms with E-state index in [4.69, 9.17) is 4.74 Å². The van der Waals surface area contributed by atoms with Crippen LogP contribution in [0.4, 0.5) is 13.2 Å². The van der Waals surface area contributed by atoms with E-state index in [-0.39, 0.29) is 17.9 Å². The van der Waals surface area contributed by atoms with Crippen molar-refractivity contribution < 1.29 is 22.7 Å². The molecule has 0 aliphatic heterocycles. The predicted molar refractivity (Wildman–Crippen MR) is 124 cm³/mol. The molecule has 0 spiro atoms. The summed E-state index contributed by atoms with van der Waals surface area (Å²) >= 11 is 0. The largest absolute Gasteiger partial charge is 0.461 e. The van der Waals surface area contributed by atoms with Gasteiger partial charge in [-0.05, 0) is 74.5 Å². The summed E-state index contributed by atoms with van der Waals surface area (Å²) in [6, 6.07) is 12.8. The molecule has 0 heterocycles. The number of alkyl halides is 3. The lowest BCUT2D eigenvalue weighted by Gasteiger charge is -2.39. The quantitative estimate of drug-likeness (QED) is 0.445. The molecule has 0 aromatic heterocycles. The smallest absolute Gasteiger partial charge is 0.416 e. The van der Waals surface area contributed by atoms with E-state index in [1.807, 2.05) is 18.2 Å². The third kappa shape index (κ3) is 5.97. The highest BCUT2D eigenvalue weighted by Gasteiger charge is 2.38. The van der Waals surface area contributed by atoms with E-state index < -0.39 is 23.8 Å². The van der Waals surface area contributed by atoms with Gasteiger partial charge >= 0.3 is 12.1 Å². The molecule has 5 atom stereocenters. The molecule has 33 heavy (non-hydrogen) atoms. The number of benzene rings is 2. The van der Waals surface area contributed by atoms with Crippen LogP contribution in [0, 0.1) is 18.8 Å². The molecular formula is C27H34F3NO2. The molecule has 0 radical (unpaired) electrons. The Morgan fingerprint density at radius 2 is 1.76 bits per heavy atom. The average Bonchev–Trinajstić information content (AvgIpc) is 2.74. The van der Waals surface area contributed by atoms with Crippen LogP contribution in [-0.4, -0.2) is 31.1 Å². The summed E-state index contributed by atoms with van der Waals surface area (Å²) in [5, 5.41) is 0. The molecule has 1 saturated carbocycles. The Labute approximate surface area is 194 Å². The Bertz CT molecular complexity index is 942. The minimum atomic E-state index is -4.47. The molecule has 180 valence electrons. The van der Waals surface area contributed by atoms with Gasteiger partial charge in [0, 0.05) is 5.92 Å². The Morgan fingerprint density at radius 1 is 1.09 bits per heavy atom. The fraction of sp³-hybridized carbons (Fsp3) is 0.519. The van der Waals surface area contributed by atoms with Crippen LogP contribution in [0.15, 0.2) is 48.5 Å². The first-order chi connectivity index (χ1) is 15.5. The lowest BCUT2D eigenvalue weighted by Crippen LogP contribution is -2.39. The van der Waals surface area contributed by atoms with Gasteiger partial charge in [-0.2, -0.15) is 13.2 Å². The van der Waals surface area contributed by atoms with Crippen molar-refractivity contribution in [2.45, 2.75) is 64.3 Å². The predicted octanol–water partition coefficient (Wildman–Crippen LogP) is 6.77. The number of carbonyl (C=O) groups is 1. The maximum absolute atomic E-state index is 13.4. The Morgan fingerprint density at radius 3 is 2.36 bits per heavy atom. The number of likely N-dealkylation sites (N-methyl/N-ethyl adjacent to an activating group) is 1. The van der Waals surface area contributed by atoms with Crippen molar-refractivity contribution in [3.05, 3.63) is 70.8 Å². The lowest BCUT2D eigenvalue weighted by molar-refractivity contribution is -0.161. The van der Waals surface area contributed by atoms with Crippen LogP contribution in [0.5, 0.6) is 0 Å². The van der Waals surface area contributed by atoms with Crippen LogP contribution in [0.25, 0.3) is 0 Å². The minimum Gasteiger partial charge on any atom is -0.461 e. The second kappa shape index (κ2) is 10.3. The lowest BCUT2D eigenvalue weighted by atomic mass is 9.73. The fourth-order valence-corrected chi connectivity index (χ4v) is 5.00. The molecule has 1 aliphatic carbocycles. The second-order valence-corrected chi connectivity index (χ2v) is 9.69. The van der Waals surface area contributed by atoms with Crippen molar-refractivity contribution in [1.82, 2.24) is 4.90 Å². The Kier molecular flexibility index (Phi) is 7.88. The molecular weight excluding hydrogens is 427 g/mol. The third-order valence-corrected chi connectivity index (χ3v) is 6.98. The highest BCUT2D eigenvalue weighted by atomic mass is 19.4. The first-order valence-corrected chi connectivity index (χ1v) is 11.6. The van der Waals surface area contributed by atoms with Gasteiger partial charge in [0.05, 0.1) is 5.56 Å². The molecule has 1 fully saturated rings. The van der Waals surface area contributed by atoms with Crippen molar-refractivity contribution in [1.29, 1.82) is 0 Å². The number of aryl methyl sites for hydroxylation is 1. The van der Waals surface area contributed by atoms with Crippen molar-refractivity contribution >= 4 is 5.97 Å². The number of rotatable bonds is 6. The molecule has 3 nitrogen and oxygen atoms in total. The molecule has 0 bridgehead atoms. The summed E-state index contributed by atoms with van der Waals surface area (Å²) in [5.41, 5.74) is 1.40.